The van der Waals surface area contributed by atoms with E-state index >= 15 is 0 Å². The van der Waals surface area contributed by atoms with Gasteiger partial charge in [-0.1, -0.05) is 18.2 Å². The first-order chi connectivity index (χ1) is 13.5. The molecule has 144 valence electrons. The molecule has 0 unspecified atom stereocenters. The van der Waals surface area contributed by atoms with E-state index in [1.165, 1.54) is 19.4 Å². The summed E-state index contributed by atoms with van der Waals surface area (Å²) < 4.78 is 32.2. The largest absolute Gasteiger partial charge is 0.467 e. The number of rotatable bonds is 6. The van der Waals surface area contributed by atoms with Gasteiger partial charge in [-0.2, -0.15) is 0 Å². The molecule has 0 bridgehead atoms. The summed E-state index contributed by atoms with van der Waals surface area (Å²) in [6, 6.07) is 9.49. The van der Waals surface area contributed by atoms with Crippen LogP contribution in [0.4, 0.5) is 8.78 Å². The number of nitrogens with zero attached hydrogens (tertiary/aromatic N) is 2. The summed E-state index contributed by atoms with van der Waals surface area (Å²) in [5.41, 5.74) is 1.43. The highest BCUT2D eigenvalue weighted by molar-refractivity contribution is 5.86. The number of nitrogens with one attached hydrogen (secondary N) is 1. The van der Waals surface area contributed by atoms with Crippen molar-refractivity contribution in [1.82, 2.24) is 15.3 Å². The van der Waals surface area contributed by atoms with E-state index in [0.717, 1.165) is 12.1 Å². The van der Waals surface area contributed by atoms with Crippen molar-refractivity contribution in [2.45, 2.75) is 18.9 Å². The lowest BCUT2D eigenvalue weighted by Crippen LogP contribution is -2.44. The first kappa shape index (κ1) is 19.3. The van der Waals surface area contributed by atoms with Crippen LogP contribution in [0.5, 0.6) is 0 Å². The number of carbonyl (C=O) groups excluding carboxylic acids is 2. The molecule has 1 atom stereocenters. The summed E-state index contributed by atoms with van der Waals surface area (Å²) >= 11 is 0. The minimum Gasteiger partial charge on any atom is -0.467 e. The molecule has 3 rings (SSSR count). The van der Waals surface area contributed by atoms with Gasteiger partial charge in [-0.05, 0) is 24.3 Å². The van der Waals surface area contributed by atoms with Crippen LogP contribution >= 0.6 is 0 Å². The highest BCUT2D eigenvalue weighted by atomic mass is 19.1. The number of fused-ring (bicyclic) bond motifs is 1. The van der Waals surface area contributed by atoms with Gasteiger partial charge in [0.05, 0.1) is 30.3 Å². The SMILES string of the molecule is COC(=O)[C@H](Cc1cnc2ccccc2n1)NC(=O)Cc1c(F)cccc1F. The lowest BCUT2D eigenvalue weighted by Gasteiger charge is -2.16. The quantitative estimate of drug-likeness (QED) is 0.659. The standard InChI is InChI=1S/C20H17F2N3O3/c1-28-20(27)18(9-12-11-23-16-7-2-3-8-17(16)24-12)25-19(26)10-13-14(21)5-4-6-15(13)22/h2-8,11,18H,9-10H2,1H3,(H,25,26)/t18-/m0/s1. The van der Waals surface area contributed by atoms with Crippen molar-refractivity contribution >= 4 is 22.9 Å². The highest BCUT2D eigenvalue weighted by Crippen LogP contribution is 2.13. The maximum atomic E-state index is 13.7. The van der Waals surface area contributed by atoms with Gasteiger partial charge in [-0.3, -0.25) is 9.78 Å². The van der Waals surface area contributed by atoms with Crippen molar-refractivity contribution in [2.24, 2.45) is 0 Å². The van der Waals surface area contributed by atoms with Crippen LogP contribution in [-0.4, -0.2) is 35.0 Å². The zero-order valence-corrected chi connectivity index (χ0v) is 15.0. The minimum absolute atomic E-state index is 0.0238. The van der Waals surface area contributed by atoms with Crippen LogP contribution in [0.1, 0.15) is 11.3 Å². The van der Waals surface area contributed by atoms with E-state index in [0.29, 0.717) is 16.7 Å². The van der Waals surface area contributed by atoms with E-state index in [2.05, 4.69) is 15.3 Å². The van der Waals surface area contributed by atoms with Crippen molar-refractivity contribution in [3.05, 3.63) is 71.6 Å². The first-order valence-electron chi connectivity index (χ1n) is 8.48. The molecule has 0 spiro atoms. The number of methoxy groups -OCH3 is 1. The number of benzene rings is 2. The van der Waals surface area contributed by atoms with Gasteiger partial charge in [0.15, 0.2) is 0 Å². The van der Waals surface area contributed by atoms with E-state index in [9.17, 15) is 18.4 Å². The molecule has 1 aromatic heterocycles. The molecule has 1 heterocycles. The van der Waals surface area contributed by atoms with Crippen LogP contribution in [0.2, 0.25) is 0 Å². The Morgan fingerprint density at radius 2 is 1.75 bits per heavy atom. The lowest BCUT2D eigenvalue weighted by molar-refractivity contribution is -0.145. The van der Waals surface area contributed by atoms with Gasteiger partial charge in [-0.15, -0.1) is 0 Å². The normalized spacial score (nSPS) is 11.8. The molecule has 0 aliphatic carbocycles. The number of ether oxygens (including phenoxy) is 1. The fraction of sp³-hybridized carbons (Fsp3) is 0.200. The van der Waals surface area contributed by atoms with Gasteiger partial charge in [0, 0.05) is 18.2 Å². The zero-order valence-electron chi connectivity index (χ0n) is 15.0. The second kappa shape index (κ2) is 8.51. The number of esters is 1. The van der Waals surface area contributed by atoms with Crippen molar-refractivity contribution in [3.63, 3.8) is 0 Å². The van der Waals surface area contributed by atoms with Crippen LogP contribution in [-0.2, 0) is 27.2 Å². The minimum atomic E-state index is -1.07. The van der Waals surface area contributed by atoms with Gasteiger partial charge < -0.3 is 10.1 Å². The van der Waals surface area contributed by atoms with E-state index in [-0.39, 0.29) is 12.0 Å². The number of hydrogen-bond acceptors (Lipinski definition) is 5. The maximum Gasteiger partial charge on any atom is 0.328 e. The predicted octanol–water partition coefficient (Wildman–Crippen LogP) is 2.35. The Morgan fingerprint density at radius 1 is 1.07 bits per heavy atom. The van der Waals surface area contributed by atoms with E-state index in [4.69, 9.17) is 4.74 Å². The van der Waals surface area contributed by atoms with Gasteiger partial charge in [0.25, 0.3) is 0 Å². The van der Waals surface area contributed by atoms with Gasteiger partial charge in [0.1, 0.15) is 17.7 Å². The lowest BCUT2D eigenvalue weighted by atomic mass is 10.1. The molecule has 0 saturated heterocycles. The summed E-state index contributed by atoms with van der Waals surface area (Å²) in [6.45, 7) is 0. The third-order valence-electron chi connectivity index (χ3n) is 4.13. The van der Waals surface area contributed by atoms with Gasteiger partial charge >= 0.3 is 5.97 Å². The van der Waals surface area contributed by atoms with Crippen LogP contribution in [0.15, 0.2) is 48.7 Å². The molecule has 0 radical (unpaired) electrons. The van der Waals surface area contributed by atoms with Crippen molar-refractivity contribution in [3.8, 4) is 0 Å². The topological polar surface area (TPSA) is 81.2 Å². The van der Waals surface area contributed by atoms with E-state index < -0.39 is 36.0 Å². The predicted molar refractivity (Wildman–Crippen MR) is 97.3 cm³/mol. The Balaban J connectivity index is 1.76. The number of hydrogen-bond donors (Lipinski definition) is 1. The fourth-order valence-electron chi connectivity index (χ4n) is 2.75. The Hall–Kier alpha value is -3.42. The third-order valence-corrected chi connectivity index (χ3v) is 4.13. The maximum absolute atomic E-state index is 13.7. The first-order valence-corrected chi connectivity index (χ1v) is 8.48. The van der Waals surface area contributed by atoms with Gasteiger partial charge in [-0.25, -0.2) is 18.6 Å². The van der Waals surface area contributed by atoms with Gasteiger partial charge in [0.2, 0.25) is 5.91 Å². The average Bonchev–Trinajstić information content (AvgIpc) is 2.69. The van der Waals surface area contributed by atoms with Crippen LogP contribution in [0.3, 0.4) is 0 Å². The molecule has 0 aliphatic rings. The molecule has 0 saturated carbocycles. The number of halogens is 2. The molecular weight excluding hydrogens is 368 g/mol. The molecule has 1 N–H and O–H groups in total. The van der Waals surface area contributed by atoms with E-state index in [1.807, 2.05) is 12.1 Å². The molecule has 28 heavy (non-hydrogen) atoms. The molecule has 6 nitrogen and oxygen atoms in total. The summed E-state index contributed by atoms with van der Waals surface area (Å²) in [5, 5.41) is 2.45. The summed E-state index contributed by atoms with van der Waals surface area (Å²) in [5.74, 6) is -3.07. The number of para-hydroxylation sites is 2. The molecule has 0 aliphatic heterocycles. The van der Waals surface area contributed by atoms with Crippen molar-refractivity contribution in [2.75, 3.05) is 7.11 Å². The Morgan fingerprint density at radius 3 is 2.43 bits per heavy atom. The van der Waals surface area contributed by atoms with Crippen LogP contribution < -0.4 is 5.32 Å². The smallest absolute Gasteiger partial charge is 0.328 e. The molecule has 3 aromatic rings. The Bertz CT molecular complexity index is 1010. The zero-order chi connectivity index (χ0) is 20.1. The monoisotopic (exact) mass is 385 g/mol. The molecule has 2 aromatic carbocycles. The molecule has 1 amide bonds. The number of aromatic nitrogens is 2. The second-order valence-corrected chi connectivity index (χ2v) is 6.07. The van der Waals surface area contributed by atoms with E-state index in [1.54, 1.807) is 12.1 Å². The van der Waals surface area contributed by atoms with Crippen LogP contribution in [0.25, 0.3) is 11.0 Å². The Labute approximate surface area is 159 Å². The van der Waals surface area contributed by atoms with Crippen molar-refractivity contribution < 1.29 is 23.1 Å². The third kappa shape index (κ3) is 4.46. The highest BCUT2D eigenvalue weighted by Gasteiger charge is 2.24. The average molecular weight is 385 g/mol. The summed E-state index contributed by atoms with van der Waals surface area (Å²) in [7, 11) is 1.18. The number of carbonyl (C=O) groups is 2. The fourth-order valence-corrected chi connectivity index (χ4v) is 2.75. The molecule has 0 fully saturated rings. The summed E-state index contributed by atoms with van der Waals surface area (Å²) in [4.78, 5) is 33.0. The van der Waals surface area contributed by atoms with Crippen molar-refractivity contribution in [1.29, 1.82) is 0 Å². The van der Waals surface area contributed by atoms with Crippen LogP contribution in [0, 0.1) is 11.6 Å². The number of amides is 1. The summed E-state index contributed by atoms with van der Waals surface area (Å²) in [6.07, 6.45) is 0.979. The molecular formula is C20H17F2N3O3. The second-order valence-electron chi connectivity index (χ2n) is 6.07. The molecule has 8 heteroatoms. The Kier molecular flexibility index (Phi) is 5.88.